The predicted molar refractivity (Wildman–Crippen MR) is 65.9 cm³/mol. The van der Waals surface area contributed by atoms with E-state index < -0.39 is 11.6 Å². The molecular formula is C11H6BrClF2N2O. The lowest BCUT2D eigenvalue weighted by Gasteiger charge is -2.07. The Morgan fingerprint density at radius 1 is 1.22 bits per heavy atom. The van der Waals surface area contributed by atoms with Crippen molar-refractivity contribution in [2.45, 2.75) is 6.92 Å². The summed E-state index contributed by atoms with van der Waals surface area (Å²) in [7, 11) is 0. The highest BCUT2D eigenvalue weighted by Gasteiger charge is 2.13. The van der Waals surface area contributed by atoms with Gasteiger partial charge in [-0.3, -0.25) is 0 Å². The van der Waals surface area contributed by atoms with E-state index in [0.29, 0.717) is 10.2 Å². The third kappa shape index (κ3) is 2.94. The molecule has 0 unspecified atom stereocenters. The molecule has 0 atom stereocenters. The molecule has 1 heterocycles. The van der Waals surface area contributed by atoms with Crippen LogP contribution in [0, 0.1) is 18.6 Å². The quantitative estimate of drug-likeness (QED) is 0.607. The first-order valence-corrected chi connectivity index (χ1v) is 5.96. The number of aryl methyl sites for hydroxylation is 1. The van der Waals surface area contributed by atoms with E-state index in [9.17, 15) is 8.78 Å². The van der Waals surface area contributed by atoms with Crippen LogP contribution in [-0.4, -0.2) is 9.97 Å². The van der Waals surface area contributed by atoms with Gasteiger partial charge in [-0.15, -0.1) is 0 Å². The monoisotopic (exact) mass is 334 g/mol. The van der Waals surface area contributed by atoms with Crippen molar-refractivity contribution in [2.24, 2.45) is 0 Å². The molecule has 0 N–H and O–H groups in total. The Kier molecular flexibility index (Phi) is 3.77. The summed E-state index contributed by atoms with van der Waals surface area (Å²) >= 11 is 8.68. The van der Waals surface area contributed by atoms with E-state index in [-0.39, 0.29) is 16.9 Å². The zero-order valence-corrected chi connectivity index (χ0v) is 11.4. The fourth-order valence-electron chi connectivity index (χ4n) is 1.28. The first-order chi connectivity index (χ1) is 8.45. The normalized spacial score (nSPS) is 10.5. The molecule has 0 spiro atoms. The molecule has 0 aliphatic heterocycles. The van der Waals surface area contributed by atoms with Gasteiger partial charge in [-0.25, -0.2) is 9.37 Å². The molecule has 2 aromatic rings. The number of hydrogen-bond acceptors (Lipinski definition) is 3. The van der Waals surface area contributed by atoms with Crippen molar-refractivity contribution >= 4 is 27.5 Å². The zero-order valence-electron chi connectivity index (χ0n) is 9.05. The molecule has 3 nitrogen and oxygen atoms in total. The number of halogens is 4. The van der Waals surface area contributed by atoms with Gasteiger partial charge in [0.25, 0.3) is 0 Å². The number of rotatable bonds is 2. The Hall–Kier alpha value is -1.27. The van der Waals surface area contributed by atoms with Gasteiger partial charge in [0.05, 0.1) is 0 Å². The summed E-state index contributed by atoms with van der Waals surface area (Å²) in [5, 5.41) is -0.0270. The van der Waals surface area contributed by atoms with Crippen LogP contribution < -0.4 is 4.74 Å². The molecule has 0 fully saturated rings. The number of nitrogens with zero attached hydrogens (tertiary/aromatic N) is 2. The summed E-state index contributed by atoms with van der Waals surface area (Å²) in [5.74, 6) is -2.35. The van der Waals surface area contributed by atoms with Gasteiger partial charge in [-0.2, -0.15) is 9.37 Å². The van der Waals surface area contributed by atoms with Crippen LogP contribution in [0.3, 0.4) is 0 Å². The smallest absolute Gasteiger partial charge is 0.225 e. The number of hydrogen-bond donors (Lipinski definition) is 0. The minimum absolute atomic E-state index is 0.0270. The number of ether oxygens (including phenoxy) is 1. The maximum absolute atomic E-state index is 13.5. The lowest BCUT2D eigenvalue weighted by atomic mass is 10.3. The molecule has 0 aliphatic carbocycles. The van der Waals surface area contributed by atoms with E-state index in [2.05, 4.69) is 25.9 Å². The van der Waals surface area contributed by atoms with Crippen LogP contribution in [0.25, 0.3) is 0 Å². The summed E-state index contributed by atoms with van der Waals surface area (Å²) in [6.07, 6.45) is 0. The van der Waals surface area contributed by atoms with E-state index in [1.807, 2.05) is 0 Å². The summed E-state index contributed by atoms with van der Waals surface area (Å²) in [4.78, 5) is 7.59. The number of benzene rings is 1. The molecule has 0 saturated carbocycles. The molecule has 0 radical (unpaired) electrons. The molecule has 0 bridgehead atoms. The Morgan fingerprint density at radius 3 is 2.61 bits per heavy atom. The van der Waals surface area contributed by atoms with Crippen molar-refractivity contribution in [1.29, 1.82) is 0 Å². The van der Waals surface area contributed by atoms with Crippen molar-refractivity contribution in [3.05, 3.63) is 45.3 Å². The average molecular weight is 336 g/mol. The zero-order chi connectivity index (χ0) is 13.3. The highest BCUT2D eigenvalue weighted by atomic mass is 79.9. The van der Waals surface area contributed by atoms with Crippen LogP contribution in [0.5, 0.6) is 11.6 Å². The molecule has 1 aromatic carbocycles. The molecular weight excluding hydrogens is 329 g/mol. The van der Waals surface area contributed by atoms with Gasteiger partial charge in [-0.05, 0) is 30.7 Å². The van der Waals surface area contributed by atoms with E-state index in [4.69, 9.17) is 16.3 Å². The molecule has 7 heteroatoms. The Balaban J connectivity index is 2.39. The van der Waals surface area contributed by atoms with Crippen molar-refractivity contribution in [3.63, 3.8) is 0 Å². The van der Waals surface area contributed by atoms with Crippen LogP contribution in [0.15, 0.2) is 22.7 Å². The van der Waals surface area contributed by atoms with Crippen molar-refractivity contribution in [1.82, 2.24) is 9.97 Å². The van der Waals surface area contributed by atoms with Gasteiger partial charge in [0.2, 0.25) is 17.0 Å². The van der Waals surface area contributed by atoms with Gasteiger partial charge in [-0.1, -0.05) is 15.9 Å². The molecule has 0 saturated heterocycles. The average Bonchev–Trinajstić information content (AvgIpc) is 2.23. The van der Waals surface area contributed by atoms with Crippen LogP contribution in [0.4, 0.5) is 8.78 Å². The molecule has 0 amide bonds. The van der Waals surface area contributed by atoms with Crippen molar-refractivity contribution < 1.29 is 13.5 Å². The lowest BCUT2D eigenvalue weighted by Crippen LogP contribution is -1.96. The van der Waals surface area contributed by atoms with Crippen LogP contribution in [0.2, 0.25) is 5.28 Å². The van der Waals surface area contributed by atoms with Crippen LogP contribution in [-0.2, 0) is 0 Å². The highest BCUT2D eigenvalue weighted by Crippen LogP contribution is 2.29. The van der Waals surface area contributed by atoms with E-state index >= 15 is 0 Å². The number of aromatic nitrogens is 2. The third-order valence-corrected chi connectivity index (χ3v) is 2.60. The van der Waals surface area contributed by atoms with Gasteiger partial charge >= 0.3 is 0 Å². The van der Waals surface area contributed by atoms with Crippen molar-refractivity contribution in [3.8, 4) is 11.6 Å². The van der Waals surface area contributed by atoms with E-state index in [1.54, 1.807) is 6.92 Å². The first kappa shape index (κ1) is 13.2. The second-order valence-corrected chi connectivity index (χ2v) is 4.67. The summed E-state index contributed by atoms with van der Waals surface area (Å²) in [6.45, 7) is 1.68. The summed E-state index contributed by atoms with van der Waals surface area (Å²) in [5.41, 5.74) is 0.556. The maximum atomic E-state index is 13.5. The Labute approximate surface area is 115 Å². The Morgan fingerprint density at radius 2 is 1.94 bits per heavy atom. The highest BCUT2D eigenvalue weighted by molar-refractivity contribution is 9.10. The predicted octanol–water partition coefficient (Wildman–Crippen LogP) is 4.27. The minimum Gasteiger partial charge on any atom is -0.436 e. The second kappa shape index (κ2) is 5.16. The molecule has 18 heavy (non-hydrogen) atoms. The Bertz CT molecular complexity index is 590. The standard InChI is InChI=1S/C11H6BrClF2N2O/c1-5-2-9(17-11(13)16-5)18-8-4-6(12)3-7(14)10(8)15/h2-4H,1H3. The maximum Gasteiger partial charge on any atom is 0.225 e. The SMILES string of the molecule is Cc1cc(Oc2cc(Br)cc(F)c2F)nc(Cl)n1. The molecule has 1 aromatic heterocycles. The fraction of sp³-hybridized carbons (Fsp3) is 0.0909. The van der Waals surface area contributed by atoms with Gasteiger partial charge in [0, 0.05) is 16.2 Å². The van der Waals surface area contributed by atoms with Gasteiger partial charge in [0.1, 0.15) is 0 Å². The lowest BCUT2D eigenvalue weighted by molar-refractivity contribution is 0.404. The minimum atomic E-state index is -1.09. The second-order valence-electron chi connectivity index (χ2n) is 3.42. The fourth-order valence-corrected chi connectivity index (χ4v) is 1.90. The summed E-state index contributed by atoms with van der Waals surface area (Å²) in [6, 6.07) is 3.76. The largest absolute Gasteiger partial charge is 0.436 e. The van der Waals surface area contributed by atoms with Crippen LogP contribution in [0.1, 0.15) is 5.69 Å². The first-order valence-electron chi connectivity index (χ1n) is 4.79. The van der Waals surface area contributed by atoms with Gasteiger partial charge < -0.3 is 4.74 Å². The van der Waals surface area contributed by atoms with Crippen LogP contribution >= 0.6 is 27.5 Å². The topological polar surface area (TPSA) is 35.0 Å². The molecule has 0 aliphatic rings. The van der Waals surface area contributed by atoms with E-state index in [1.165, 1.54) is 12.1 Å². The summed E-state index contributed by atoms with van der Waals surface area (Å²) < 4.78 is 32.1. The third-order valence-electron chi connectivity index (χ3n) is 1.98. The van der Waals surface area contributed by atoms with E-state index in [0.717, 1.165) is 6.07 Å². The molecule has 2 rings (SSSR count). The van der Waals surface area contributed by atoms with Gasteiger partial charge in [0.15, 0.2) is 11.6 Å². The van der Waals surface area contributed by atoms with Crippen molar-refractivity contribution in [2.75, 3.05) is 0 Å². The molecule has 94 valence electrons.